The molecule has 0 heterocycles. The van der Waals surface area contributed by atoms with E-state index in [1.54, 1.807) is 0 Å². The molecule has 3 N–H and O–H groups in total. The maximum Gasteiger partial charge on any atom is 0.224 e. The highest BCUT2D eigenvalue weighted by Crippen LogP contribution is 2.05. The van der Waals surface area contributed by atoms with Crippen molar-refractivity contribution in [3.63, 3.8) is 0 Å². The molecule has 4 heteroatoms. The number of nitrogens with two attached hydrogens (primary N) is 1. The van der Waals surface area contributed by atoms with Crippen LogP contribution in [0.2, 0.25) is 0 Å². The zero-order valence-corrected chi connectivity index (χ0v) is 11.8. The number of thiocarbonyl (C=S) groups is 1. The van der Waals surface area contributed by atoms with Gasteiger partial charge in [-0.1, -0.05) is 66.8 Å². The van der Waals surface area contributed by atoms with E-state index in [-0.39, 0.29) is 5.91 Å². The average Bonchev–Trinajstić information content (AvgIpc) is 2.47. The van der Waals surface area contributed by atoms with Gasteiger partial charge in [-0.2, -0.15) is 0 Å². The summed E-state index contributed by atoms with van der Waals surface area (Å²) in [5, 5.41) is 2.90. The Morgan fingerprint density at radius 1 is 1.00 bits per heavy atom. The van der Waals surface area contributed by atoms with Crippen LogP contribution in [0.5, 0.6) is 0 Å². The Kier molecular flexibility index (Phi) is 4.85. The van der Waals surface area contributed by atoms with Crippen LogP contribution < -0.4 is 11.1 Å². The summed E-state index contributed by atoms with van der Waals surface area (Å²) in [4.78, 5) is 12.2. The standard InChI is InChI=1S/C16H16N2OS/c17-16(20)14-8-6-12(7-9-14)10-15(19)18-11-13-4-2-1-3-5-13/h1-9H,10-11H2,(H2,17,20)(H,18,19). The van der Waals surface area contributed by atoms with Crippen molar-refractivity contribution < 1.29 is 4.79 Å². The van der Waals surface area contributed by atoms with E-state index in [1.165, 1.54) is 0 Å². The molecule has 2 rings (SSSR count). The van der Waals surface area contributed by atoms with Gasteiger partial charge in [-0.15, -0.1) is 0 Å². The fourth-order valence-electron chi connectivity index (χ4n) is 1.83. The Labute approximate surface area is 123 Å². The molecule has 0 saturated heterocycles. The van der Waals surface area contributed by atoms with Gasteiger partial charge in [0.25, 0.3) is 0 Å². The number of hydrogen-bond acceptors (Lipinski definition) is 2. The minimum atomic E-state index is -0.00284. The van der Waals surface area contributed by atoms with E-state index < -0.39 is 0 Å². The van der Waals surface area contributed by atoms with Crippen LogP contribution in [-0.4, -0.2) is 10.9 Å². The fourth-order valence-corrected chi connectivity index (χ4v) is 1.97. The molecule has 0 aliphatic heterocycles. The molecule has 102 valence electrons. The van der Waals surface area contributed by atoms with Gasteiger partial charge in [0.2, 0.25) is 5.91 Å². The van der Waals surface area contributed by atoms with Crippen LogP contribution >= 0.6 is 12.2 Å². The molecular formula is C16H16N2OS. The molecule has 2 aromatic carbocycles. The maximum atomic E-state index is 11.8. The van der Waals surface area contributed by atoms with Crippen molar-refractivity contribution in [2.45, 2.75) is 13.0 Å². The first-order valence-corrected chi connectivity index (χ1v) is 6.75. The molecule has 0 unspecified atom stereocenters. The lowest BCUT2D eigenvalue weighted by Crippen LogP contribution is -2.24. The minimum absolute atomic E-state index is 0.00284. The highest BCUT2D eigenvalue weighted by atomic mass is 32.1. The fraction of sp³-hybridized carbons (Fsp3) is 0.125. The summed E-state index contributed by atoms with van der Waals surface area (Å²) < 4.78 is 0. The summed E-state index contributed by atoms with van der Waals surface area (Å²) in [6, 6.07) is 17.2. The largest absolute Gasteiger partial charge is 0.389 e. The predicted molar refractivity (Wildman–Crippen MR) is 84.3 cm³/mol. The third-order valence-electron chi connectivity index (χ3n) is 2.94. The van der Waals surface area contributed by atoms with Crippen molar-refractivity contribution >= 4 is 23.1 Å². The minimum Gasteiger partial charge on any atom is -0.389 e. The Morgan fingerprint density at radius 2 is 1.65 bits per heavy atom. The zero-order chi connectivity index (χ0) is 14.4. The maximum absolute atomic E-state index is 11.8. The van der Waals surface area contributed by atoms with E-state index in [1.807, 2.05) is 54.6 Å². The SMILES string of the molecule is NC(=S)c1ccc(CC(=O)NCc2ccccc2)cc1. The number of rotatable bonds is 5. The van der Waals surface area contributed by atoms with Gasteiger partial charge >= 0.3 is 0 Å². The summed E-state index contributed by atoms with van der Waals surface area (Å²) in [6.45, 7) is 0.546. The number of amides is 1. The second-order valence-corrected chi connectivity index (χ2v) is 4.94. The molecule has 2 aromatic rings. The van der Waals surface area contributed by atoms with Gasteiger partial charge in [-0.25, -0.2) is 0 Å². The lowest BCUT2D eigenvalue weighted by atomic mass is 10.1. The highest BCUT2D eigenvalue weighted by molar-refractivity contribution is 7.80. The normalized spacial score (nSPS) is 10.0. The van der Waals surface area contributed by atoms with Gasteiger partial charge in [-0.3, -0.25) is 4.79 Å². The van der Waals surface area contributed by atoms with E-state index in [4.69, 9.17) is 18.0 Å². The third kappa shape index (κ3) is 4.17. The molecule has 0 aliphatic carbocycles. The van der Waals surface area contributed by atoms with Crippen molar-refractivity contribution in [1.82, 2.24) is 5.32 Å². The molecule has 0 radical (unpaired) electrons. The Hall–Kier alpha value is -2.20. The predicted octanol–water partition coefficient (Wildman–Crippen LogP) is 2.18. The smallest absolute Gasteiger partial charge is 0.224 e. The van der Waals surface area contributed by atoms with Gasteiger partial charge in [0.1, 0.15) is 4.99 Å². The highest BCUT2D eigenvalue weighted by Gasteiger charge is 2.04. The summed E-state index contributed by atoms with van der Waals surface area (Å²) >= 11 is 4.89. The monoisotopic (exact) mass is 284 g/mol. The molecule has 0 spiro atoms. The number of carbonyl (C=O) groups excluding carboxylic acids is 1. The van der Waals surface area contributed by atoms with Crippen LogP contribution in [0.4, 0.5) is 0 Å². The van der Waals surface area contributed by atoms with E-state index in [9.17, 15) is 4.79 Å². The van der Waals surface area contributed by atoms with Crippen LogP contribution in [0.3, 0.4) is 0 Å². The zero-order valence-electron chi connectivity index (χ0n) is 11.0. The topological polar surface area (TPSA) is 55.1 Å². The second kappa shape index (κ2) is 6.82. The Balaban J connectivity index is 1.86. The van der Waals surface area contributed by atoms with Crippen LogP contribution in [0, 0.1) is 0 Å². The van der Waals surface area contributed by atoms with E-state index in [0.717, 1.165) is 16.7 Å². The molecule has 0 saturated carbocycles. The van der Waals surface area contributed by atoms with Crippen molar-refractivity contribution in [3.05, 3.63) is 71.3 Å². The quantitative estimate of drug-likeness (QED) is 0.827. The number of hydrogen-bond donors (Lipinski definition) is 2. The van der Waals surface area contributed by atoms with Crippen LogP contribution in [0.15, 0.2) is 54.6 Å². The molecule has 3 nitrogen and oxygen atoms in total. The van der Waals surface area contributed by atoms with Gasteiger partial charge in [0.15, 0.2) is 0 Å². The summed E-state index contributed by atoms with van der Waals surface area (Å²) in [7, 11) is 0. The van der Waals surface area contributed by atoms with E-state index in [2.05, 4.69) is 5.32 Å². The number of nitrogens with one attached hydrogen (secondary N) is 1. The molecule has 0 atom stereocenters. The third-order valence-corrected chi connectivity index (χ3v) is 3.17. The van der Waals surface area contributed by atoms with Crippen molar-refractivity contribution in [2.24, 2.45) is 5.73 Å². The summed E-state index contributed by atoms with van der Waals surface area (Å²) in [5.41, 5.74) is 8.37. The van der Waals surface area contributed by atoms with Crippen molar-refractivity contribution in [2.75, 3.05) is 0 Å². The second-order valence-electron chi connectivity index (χ2n) is 4.50. The first-order valence-electron chi connectivity index (χ1n) is 6.34. The molecule has 1 amide bonds. The van der Waals surface area contributed by atoms with Gasteiger partial charge in [0.05, 0.1) is 6.42 Å². The first kappa shape index (κ1) is 14.2. The van der Waals surface area contributed by atoms with Gasteiger partial charge in [-0.05, 0) is 11.1 Å². The molecule has 0 bridgehead atoms. The summed E-state index contributed by atoms with van der Waals surface area (Å²) in [6.07, 6.45) is 0.352. The van der Waals surface area contributed by atoms with Crippen molar-refractivity contribution in [3.8, 4) is 0 Å². The van der Waals surface area contributed by atoms with Crippen molar-refractivity contribution in [1.29, 1.82) is 0 Å². The average molecular weight is 284 g/mol. The lowest BCUT2D eigenvalue weighted by molar-refractivity contribution is -0.120. The molecule has 20 heavy (non-hydrogen) atoms. The molecule has 0 aromatic heterocycles. The van der Waals surface area contributed by atoms with Gasteiger partial charge in [0, 0.05) is 12.1 Å². The van der Waals surface area contributed by atoms with E-state index in [0.29, 0.717) is 18.0 Å². The molecule has 0 aliphatic rings. The number of carbonyl (C=O) groups is 1. The van der Waals surface area contributed by atoms with E-state index >= 15 is 0 Å². The van der Waals surface area contributed by atoms with Gasteiger partial charge < -0.3 is 11.1 Å². The Morgan fingerprint density at radius 3 is 2.25 bits per heavy atom. The molecular weight excluding hydrogens is 268 g/mol. The first-order chi connectivity index (χ1) is 9.65. The number of benzene rings is 2. The van der Waals surface area contributed by atoms with Crippen LogP contribution in [0.1, 0.15) is 16.7 Å². The lowest BCUT2D eigenvalue weighted by Gasteiger charge is -2.06. The summed E-state index contributed by atoms with van der Waals surface area (Å²) in [5.74, 6) is -0.00284. The molecule has 0 fully saturated rings. The van der Waals surface area contributed by atoms with Crippen LogP contribution in [-0.2, 0) is 17.8 Å². The Bertz CT molecular complexity index is 594. The van der Waals surface area contributed by atoms with Crippen LogP contribution in [0.25, 0.3) is 0 Å².